The van der Waals surface area contributed by atoms with E-state index in [1.54, 1.807) is 31.2 Å². The molecule has 294 valence electrons. The Bertz CT molecular complexity index is 1710. The van der Waals surface area contributed by atoms with E-state index in [2.05, 4.69) is 4.98 Å². The van der Waals surface area contributed by atoms with Crippen LogP contribution in [-0.4, -0.2) is 125 Å². The fraction of sp³-hybridized carbons (Fsp3) is 0.594. The Labute approximate surface area is 301 Å². The second-order valence-corrected chi connectivity index (χ2v) is 14.1. The van der Waals surface area contributed by atoms with Gasteiger partial charge in [-0.2, -0.15) is 4.98 Å². The van der Waals surface area contributed by atoms with Crippen LogP contribution in [0.2, 0.25) is 0 Å². The number of ketones is 2. The SMILES string of the molecule is CCC(=O)c1ccc(CCCC(=O)C[C@@H]2C(O)C[C@@](OP(=O)([O-])OC[C@H]3O[C@@H](n4ccc(N)nc4=O)[C@@H](O)C3O)(C(=O)O)OC2[C@H](O)[C@H](O)CO)cc1. The molecule has 9 N–H and O–H groups in total. The van der Waals surface area contributed by atoms with E-state index >= 15 is 0 Å². The number of hydrogen-bond acceptors (Lipinski definition) is 18. The van der Waals surface area contributed by atoms with Crippen molar-refractivity contribution < 1.29 is 78.1 Å². The fourth-order valence-corrected chi connectivity index (χ4v) is 7.08. The molecular weight excluding hydrogens is 729 g/mol. The number of rotatable bonds is 18. The van der Waals surface area contributed by atoms with E-state index < -0.39 is 112 Å². The third-order valence-electron chi connectivity index (χ3n) is 9.06. The van der Waals surface area contributed by atoms with Crippen LogP contribution in [0.1, 0.15) is 61.2 Å². The lowest BCUT2D eigenvalue weighted by molar-refractivity contribution is -0.320. The Morgan fingerprint density at radius 1 is 1.15 bits per heavy atom. The molecule has 1 aromatic carbocycles. The van der Waals surface area contributed by atoms with Crippen LogP contribution in [0.25, 0.3) is 0 Å². The van der Waals surface area contributed by atoms with E-state index in [0.29, 0.717) is 24.8 Å². The largest absolute Gasteiger partial charge is 0.756 e. The first-order valence-electron chi connectivity index (χ1n) is 16.6. The van der Waals surface area contributed by atoms with Gasteiger partial charge in [-0.3, -0.25) is 23.2 Å². The number of aliphatic hydroxyl groups is 6. The molecule has 2 aliphatic heterocycles. The second kappa shape index (κ2) is 17.8. The molecule has 11 atom stereocenters. The molecule has 4 rings (SSSR count). The normalized spacial score (nSPS) is 29.6. The number of benzene rings is 1. The highest BCUT2D eigenvalue weighted by Gasteiger charge is 2.57. The summed E-state index contributed by atoms with van der Waals surface area (Å²) in [5, 5.41) is 72.5. The summed E-state index contributed by atoms with van der Waals surface area (Å²) in [6.45, 7) is -0.412. The average molecular weight is 773 g/mol. The Morgan fingerprint density at radius 2 is 1.83 bits per heavy atom. The number of aryl methyl sites for hydroxylation is 1. The van der Waals surface area contributed by atoms with Crippen molar-refractivity contribution in [2.75, 3.05) is 18.9 Å². The molecule has 1 aromatic heterocycles. The van der Waals surface area contributed by atoms with Crippen LogP contribution in [-0.2, 0) is 39.1 Å². The zero-order valence-corrected chi connectivity index (χ0v) is 29.3. The van der Waals surface area contributed by atoms with Gasteiger partial charge in [0, 0.05) is 43.4 Å². The molecule has 0 amide bonds. The van der Waals surface area contributed by atoms with Gasteiger partial charge in [0.05, 0.1) is 25.4 Å². The topological polar surface area (TPSA) is 331 Å². The van der Waals surface area contributed by atoms with Gasteiger partial charge in [-0.05, 0) is 24.5 Å². The van der Waals surface area contributed by atoms with Crippen LogP contribution in [0.15, 0.2) is 41.3 Å². The highest BCUT2D eigenvalue weighted by Crippen LogP contribution is 2.49. The number of nitrogens with two attached hydrogens (primary N) is 1. The molecule has 2 aromatic rings. The maximum Gasteiger partial charge on any atom is 0.364 e. The molecule has 21 heteroatoms. The second-order valence-electron chi connectivity index (χ2n) is 12.8. The van der Waals surface area contributed by atoms with Gasteiger partial charge in [0.15, 0.2) is 12.0 Å². The molecular formula is C32H43N3O17P-. The van der Waals surface area contributed by atoms with Gasteiger partial charge in [0.25, 0.3) is 13.6 Å². The first-order valence-corrected chi connectivity index (χ1v) is 18.1. The van der Waals surface area contributed by atoms with Crippen molar-refractivity contribution in [2.45, 2.75) is 100 Å². The number of carboxylic acid groups (broad SMARTS) is 1. The molecule has 2 aliphatic rings. The number of aliphatic hydroxyl groups excluding tert-OH is 6. The van der Waals surface area contributed by atoms with E-state index in [1.165, 1.54) is 6.07 Å². The predicted octanol–water partition coefficient (Wildman–Crippen LogP) is -2.22. The van der Waals surface area contributed by atoms with Crippen molar-refractivity contribution in [3.05, 3.63) is 58.1 Å². The minimum absolute atomic E-state index is 0.0210. The number of Topliss-reactive ketones (excluding diaryl/α,β-unsaturated/α-hetero) is 2. The summed E-state index contributed by atoms with van der Waals surface area (Å²) in [5.41, 5.74) is 5.88. The third-order valence-corrected chi connectivity index (χ3v) is 10.0. The number of nitrogen functional groups attached to an aromatic ring is 1. The Balaban J connectivity index is 1.43. The Hall–Kier alpha value is -3.50. The first kappa shape index (κ1) is 42.2. The van der Waals surface area contributed by atoms with Gasteiger partial charge in [-0.1, -0.05) is 31.2 Å². The van der Waals surface area contributed by atoms with Crippen LogP contribution in [0, 0.1) is 5.92 Å². The molecule has 2 saturated heterocycles. The molecule has 2 fully saturated rings. The van der Waals surface area contributed by atoms with E-state index in [1.807, 2.05) is 0 Å². The molecule has 20 nitrogen and oxygen atoms in total. The molecule has 0 saturated carbocycles. The molecule has 4 unspecified atom stereocenters. The maximum atomic E-state index is 13.0. The summed E-state index contributed by atoms with van der Waals surface area (Å²) in [5.74, 6) is -7.44. The number of nitrogens with zero attached hydrogens (tertiary/aromatic N) is 2. The zero-order valence-electron chi connectivity index (χ0n) is 28.4. The van der Waals surface area contributed by atoms with E-state index in [0.717, 1.165) is 16.3 Å². The van der Waals surface area contributed by atoms with E-state index in [-0.39, 0.29) is 18.0 Å². The highest BCUT2D eigenvalue weighted by molar-refractivity contribution is 7.45. The number of phosphoric acid groups is 1. The summed E-state index contributed by atoms with van der Waals surface area (Å²) in [6.07, 6.45) is -14.3. The molecule has 0 aliphatic carbocycles. The van der Waals surface area contributed by atoms with Crippen molar-refractivity contribution in [3.8, 4) is 0 Å². The summed E-state index contributed by atoms with van der Waals surface area (Å²) in [7, 11) is -5.82. The number of phosphoric ester groups is 1. The van der Waals surface area contributed by atoms with Crippen LogP contribution in [0.4, 0.5) is 5.82 Å². The number of carboxylic acids is 1. The van der Waals surface area contributed by atoms with Gasteiger partial charge in [0.2, 0.25) is 0 Å². The zero-order chi connectivity index (χ0) is 39.2. The van der Waals surface area contributed by atoms with Crippen molar-refractivity contribution in [1.29, 1.82) is 0 Å². The number of anilines is 1. The quantitative estimate of drug-likeness (QED) is 0.0588. The van der Waals surface area contributed by atoms with Gasteiger partial charge < -0.3 is 60.4 Å². The predicted molar refractivity (Wildman–Crippen MR) is 176 cm³/mol. The summed E-state index contributed by atoms with van der Waals surface area (Å²) < 4.78 is 34.2. The van der Waals surface area contributed by atoms with Crippen LogP contribution >= 0.6 is 7.82 Å². The average Bonchev–Trinajstić information content (AvgIpc) is 3.39. The highest BCUT2D eigenvalue weighted by atomic mass is 31.2. The van der Waals surface area contributed by atoms with Crippen LogP contribution < -0.4 is 16.3 Å². The minimum Gasteiger partial charge on any atom is -0.756 e. The van der Waals surface area contributed by atoms with Gasteiger partial charge in [-0.15, -0.1) is 0 Å². The van der Waals surface area contributed by atoms with Crippen molar-refractivity contribution in [3.63, 3.8) is 0 Å². The number of carbonyl (C=O) groups is 3. The lowest BCUT2D eigenvalue weighted by Crippen LogP contribution is -2.62. The lowest BCUT2D eigenvalue weighted by atomic mass is 9.80. The number of aromatic nitrogens is 2. The summed E-state index contributed by atoms with van der Waals surface area (Å²) >= 11 is 0. The molecule has 53 heavy (non-hydrogen) atoms. The molecule has 3 heterocycles. The van der Waals surface area contributed by atoms with Crippen molar-refractivity contribution in [2.24, 2.45) is 5.92 Å². The number of carbonyl (C=O) groups excluding carboxylic acids is 2. The van der Waals surface area contributed by atoms with Crippen molar-refractivity contribution in [1.82, 2.24) is 9.55 Å². The number of aliphatic carboxylic acids is 1. The number of hydrogen-bond donors (Lipinski definition) is 8. The van der Waals surface area contributed by atoms with Gasteiger partial charge in [-0.25, -0.2) is 9.59 Å². The van der Waals surface area contributed by atoms with E-state index in [4.69, 9.17) is 24.3 Å². The first-order chi connectivity index (χ1) is 24.9. The summed E-state index contributed by atoms with van der Waals surface area (Å²) in [4.78, 5) is 66.0. The minimum atomic E-state index is -5.82. The van der Waals surface area contributed by atoms with E-state index in [9.17, 15) is 64.4 Å². The molecule has 0 bridgehead atoms. The molecule has 0 spiro atoms. The smallest absolute Gasteiger partial charge is 0.364 e. The van der Waals surface area contributed by atoms with Crippen LogP contribution in [0.3, 0.4) is 0 Å². The number of ether oxygens (including phenoxy) is 2. The fourth-order valence-electron chi connectivity index (χ4n) is 6.14. The molecule has 0 radical (unpaired) electrons. The standard InChI is InChI=1S/C32H44N3O17P/c1-2-20(38)17-8-6-16(7-9-17)4-3-5-18(37)12-19-21(39)13-32(30(44)45,51-28(19)25(41)22(40)14-36)52-53(47,48)49-15-23-26(42)27(43)29(50-23)35-11-10-24(33)34-31(35)46/h6-11,19,21-23,25-29,36,39-43H,2-5,12-15H2,1H3,(H,44,45)(H,47,48)(H2,33,34,46)/p-1/t19-,21?,22-,23-,25-,26?,27+,28?,29-,32-/m1/s1. The Kier molecular flexibility index (Phi) is 14.2. The maximum absolute atomic E-state index is 13.0. The van der Waals surface area contributed by atoms with Gasteiger partial charge in [0.1, 0.15) is 42.1 Å². The van der Waals surface area contributed by atoms with Crippen LogP contribution in [0.5, 0.6) is 0 Å². The Morgan fingerprint density at radius 3 is 2.43 bits per heavy atom. The monoisotopic (exact) mass is 772 g/mol. The van der Waals surface area contributed by atoms with Crippen molar-refractivity contribution >= 4 is 31.2 Å². The lowest BCUT2D eigenvalue weighted by Gasteiger charge is -2.47. The van der Waals surface area contributed by atoms with Gasteiger partial charge >= 0.3 is 11.7 Å². The third kappa shape index (κ3) is 10.2. The summed E-state index contributed by atoms with van der Waals surface area (Å²) in [6, 6.07) is 8.06.